The molecule has 0 aliphatic heterocycles. The molecule has 3 N–H and O–H groups in total. The first kappa shape index (κ1) is 8.22. The van der Waals surface area contributed by atoms with Gasteiger partial charge < -0.3 is 15.4 Å². The Morgan fingerprint density at radius 3 is 3.15 bits per heavy atom. The molecule has 1 aromatic carbocycles. The average molecular weight is 178 g/mol. The Hall–Kier alpha value is -1.39. The molecule has 1 aromatic heterocycles. The number of rotatable bonds is 2. The summed E-state index contributed by atoms with van der Waals surface area (Å²) in [6.07, 6.45) is 1.61. The van der Waals surface area contributed by atoms with Crippen molar-refractivity contribution in [1.82, 2.24) is 5.16 Å². The van der Waals surface area contributed by atoms with E-state index < -0.39 is 0 Å². The monoisotopic (exact) mass is 178 g/mol. The van der Waals surface area contributed by atoms with E-state index in [1.54, 1.807) is 6.20 Å². The lowest BCUT2D eigenvalue weighted by atomic mass is 10.0. The van der Waals surface area contributed by atoms with Crippen LogP contribution < -0.4 is 5.73 Å². The molecule has 4 heteroatoms. The van der Waals surface area contributed by atoms with Gasteiger partial charge in [-0.05, 0) is 11.6 Å². The number of fused-ring (bicyclic) bond motifs is 1. The zero-order valence-corrected chi connectivity index (χ0v) is 6.97. The third-order valence-corrected chi connectivity index (χ3v) is 2.03. The van der Waals surface area contributed by atoms with Gasteiger partial charge in [-0.1, -0.05) is 17.3 Å². The van der Waals surface area contributed by atoms with Crippen LogP contribution in [-0.4, -0.2) is 16.9 Å². The summed E-state index contributed by atoms with van der Waals surface area (Å²) in [5, 5.41) is 13.4. The van der Waals surface area contributed by atoms with Crippen LogP contribution in [0.5, 0.6) is 0 Å². The van der Waals surface area contributed by atoms with Crippen molar-refractivity contribution in [2.75, 3.05) is 6.61 Å². The minimum absolute atomic E-state index is 0.0791. The maximum Gasteiger partial charge on any atom is 0.167 e. The predicted octanol–water partition coefficient (Wildman–Crippen LogP) is 0.820. The lowest BCUT2D eigenvalue weighted by Crippen LogP contribution is -2.14. The van der Waals surface area contributed by atoms with Gasteiger partial charge in [-0.3, -0.25) is 0 Å². The fraction of sp³-hybridized carbons (Fsp3) is 0.222. The van der Waals surface area contributed by atoms with E-state index in [1.807, 2.05) is 18.2 Å². The van der Waals surface area contributed by atoms with E-state index in [-0.39, 0.29) is 12.6 Å². The van der Waals surface area contributed by atoms with E-state index in [9.17, 15) is 0 Å². The molecule has 0 spiro atoms. The lowest BCUT2D eigenvalue weighted by Gasteiger charge is -2.07. The van der Waals surface area contributed by atoms with Gasteiger partial charge in [-0.15, -0.1) is 0 Å². The smallest absolute Gasteiger partial charge is 0.167 e. The summed E-state index contributed by atoms with van der Waals surface area (Å²) in [5.74, 6) is 0. The zero-order valence-electron chi connectivity index (χ0n) is 6.97. The van der Waals surface area contributed by atoms with Crippen LogP contribution in [0.2, 0.25) is 0 Å². The highest BCUT2D eigenvalue weighted by atomic mass is 16.5. The molecular weight excluding hydrogens is 168 g/mol. The Kier molecular flexibility index (Phi) is 2.00. The Labute approximate surface area is 74.9 Å². The molecular formula is C9H10N2O2. The quantitative estimate of drug-likeness (QED) is 0.714. The maximum atomic E-state index is 8.91. The number of hydrogen-bond acceptors (Lipinski definition) is 4. The average Bonchev–Trinajstić information content (AvgIpc) is 2.63. The predicted molar refractivity (Wildman–Crippen MR) is 48.0 cm³/mol. The zero-order chi connectivity index (χ0) is 9.26. The number of aromatic nitrogens is 1. The Morgan fingerprint density at radius 1 is 1.54 bits per heavy atom. The second-order valence-corrected chi connectivity index (χ2v) is 2.87. The van der Waals surface area contributed by atoms with Crippen molar-refractivity contribution < 1.29 is 9.63 Å². The largest absolute Gasteiger partial charge is 0.394 e. The fourth-order valence-corrected chi connectivity index (χ4v) is 1.34. The Morgan fingerprint density at radius 2 is 2.38 bits per heavy atom. The first-order valence-corrected chi connectivity index (χ1v) is 4.02. The number of nitrogens with zero attached hydrogens (tertiary/aromatic N) is 1. The van der Waals surface area contributed by atoms with Crippen LogP contribution in [0.4, 0.5) is 0 Å². The minimum atomic E-state index is -0.372. The van der Waals surface area contributed by atoms with Gasteiger partial charge in [-0.25, -0.2) is 0 Å². The third-order valence-electron chi connectivity index (χ3n) is 2.03. The number of hydrogen-bond donors (Lipinski definition) is 2. The van der Waals surface area contributed by atoms with Crippen LogP contribution in [0.3, 0.4) is 0 Å². The molecule has 0 fully saturated rings. The first-order chi connectivity index (χ1) is 6.33. The van der Waals surface area contributed by atoms with E-state index in [0.717, 1.165) is 10.9 Å². The topological polar surface area (TPSA) is 72.3 Å². The summed E-state index contributed by atoms with van der Waals surface area (Å²) in [5.41, 5.74) is 7.26. The third kappa shape index (κ3) is 1.30. The maximum absolute atomic E-state index is 8.91. The lowest BCUT2D eigenvalue weighted by molar-refractivity contribution is 0.268. The van der Waals surface area contributed by atoms with Crippen molar-refractivity contribution >= 4 is 11.0 Å². The molecule has 1 atom stereocenters. The fourth-order valence-electron chi connectivity index (χ4n) is 1.34. The van der Waals surface area contributed by atoms with Gasteiger partial charge in [0.05, 0.1) is 18.8 Å². The molecule has 0 aliphatic carbocycles. The molecule has 2 aromatic rings. The summed E-state index contributed by atoms with van der Waals surface area (Å²) in [4.78, 5) is 0. The molecule has 1 unspecified atom stereocenters. The molecule has 1 heterocycles. The molecule has 68 valence electrons. The van der Waals surface area contributed by atoms with Crippen LogP contribution in [0.1, 0.15) is 11.6 Å². The summed E-state index contributed by atoms with van der Waals surface area (Å²) >= 11 is 0. The molecule has 13 heavy (non-hydrogen) atoms. The van der Waals surface area contributed by atoms with Crippen molar-refractivity contribution in [1.29, 1.82) is 0 Å². The van der Waals surface area contributed by atoms with Crippen LogP contribution in [0.25, 0.3) is 11.0 Å². The molecule has 4 nitrogen and oxygen atoms in total. The number of aliphatic hydroxyl groups is 1. The van der Waals surface area contributed by atoms with E-state index in [0.29, 0.717) is 5.58 Å². The molecule has 0 saturated carbocycles. The van der Waals surface area contributed by atoms with Gasteiger partial charge in [0.25, 0.3) is 0 Å². The Bertz CT molecular complexity index is 411. The molecule has 0 radical (unpaired) electrons. The van der Waals surface area contributed by atoms with Gasteiger partial charge >= 0.3 is 0 Å². The molecule has 0 bridgehead atoms. The molecule has 0 amide bonds. The standard InChI is InChI=1S/C9H10N2O2/c10-8(5-12)6-2-1-3-9-7(6)4-11-13-9/h1-4,8,12H,5,10H2. The van der Waals surface area contributed by atoms with Crippen molar-refractivity contribution in [2.24, 2.45) is 5.73 Å². The van der Waals surface area contributed by atoms with E-state index in [4.69, 9.17) is 15.4 Å². The van der Waals surface area contributed by atoms with Crippen LogP contribution in [0.15, 0.2) is 28.9 Å². The SMILES string of the molecule is NC(CO)c1cccc2oncc12. The van der Waals surface area contributed by atoms with Crippen molar-refractivity contribution in [3.8, 4) is 0 Å². The summed E-state index contributed by atoms with van der Waals surface area (Å²) in [6.45, 7) is -0.0791. The summed E-state index contributed by atoms with van der Waals surface area (Å²) in [7, 11) is 0. The van der Waals surface area contributed by atoms with Gasteiger partial charge in [0.1, 0.15) is 0 Å². The van der Waals surface area contributed by atoms with Crippen LogP contribution in [-0.2, 0) is 0 Å². The van der Waals surface area contributed by atoms with Crippen molar-refractivity contribution in [3.63, 3.8) is 0 Å². The van der Waals surface area contributed by atoms with Gasteiger partial charge in [0.15, 0.2) is 5.58 Å². The highest BCUT2D eigenvalue weighted by Gasteiger charge is 2.10. The normalized spacial score (nSPS) is 13.4. The minimum Gasteiger partial charge on any atom is -0.394 e. The van der Waals surface area contributed by atoms with Gasteiger partial charge in [0, 0.05) is 5.39 Å². The highest BCUT2D eigenvalue weighted by Crippen LogP contribution is 2.22. The van der Waals surface area contributed by atoms with Gasteiger partial charge in [-0.2, -0.15) is 0 Å². The van der Waals surface area contributed by atoms with Crippen LogP contribution >= 0.6 is 0 Å². The molecule has 2 rings (SSSR count). The molecule has 0 aliphatic rings. The van der Waals surface area contributed by atoms with E-state index in [2.05, 4.69) is 5.16 Å². The van der Waals surface area contributed by atoms with Crippen molar-refractivity contribution in [3.05, 3.63) is 30.0 Å². The van der Waals surface area contributed by atoms with E-state index >= 15 is 0 Å². The highest BCUT2D eigenvalue weighted by molar-refractivity contribution is 5.80. The first-order valence-electron chi connectivity index (χ1n) is 4.02. The second-order valence-electron chi connectivity index (χ2n) is 2.87. The van der Waals surface area contributed by atoms with E-state index in [1.165, 1.54) is 0 Å². The second kappa shape index (κ2) is 3.16. The number of nitrogens with two attached hydrogens (primary N) is 1. The Balaban J connectivity index is 2.60. The van der Waals surface area contributed by atoms with Crippen molar-refractivity contribution in [2.45, 2.75) is 6.04 Å². The summed E-state index contributed by atoms with van der Waals surface area (Å²) < 4.78 is 4.97. The summed E-state index contributed by atoms with van der Waals surface area (Å²) in [6, 6.07) is 5.14. The van der Waals surface area contributed by atoms with Gasteiger partial charge in [0.2, 0.25) is 0 Å². The molecule has 0 saturated heterocycles. The number of aliphatic hydroxyl groups excluding tert-OH is 1. The number of benzene rings is 1. The van der Waals surface area contributed by atoms with Crippen LogP contribution in [0, 0.1) is 0 Å².